The Morgan fingerprint density at radius 2 is 1.57 bits per heavy atom. The van der Waals surface area contributed by atoms with Crippen molar-refractivity contribution in [3.8, 4) is 0 Å². The molecule has 2 heterocycles. The summed E-state index contributed by atoms with van der Waals surface area (Å²) in [6.45, 7) is 5.08. The van der Waals surface area contributed by atoms with Crippen LogP contribution in [0.15, 0.2) is 0 Å². The van der Waals surface area contributed by atoms with Gasteiger partial charge in [-0.25, -0.2) is 9.59 Å². The number of aliphatic hydroxyl groups excluding tert-OH is 1. The lowest BCUT2D eigenvalue weighted by Crippen LogP contribution is -2.49. The second-order valence-electron chi connectivity index (χ2n) is 4.74. The number of hydrogen-bond acceptors (Lipinski definition) is 6. The van der Waals surface area contributed by atoms with Gasteiger partial charge in [0.25, 0.3) is 0 Å². The zero-order chi connectivity index (χ0) is 17.5. The summed E-state index contributed by atoms with van der Waals surface area (Å²) in [7, 11) is 0. The highest BCUT2D eigenvalue weighted by Gasteiger charge is 2.22. The summed E-state index contributed by atoms with van der Waals surface area (Å²) >= 11 is 0. The van der Waals surface area contributed by atoms with Crippen molar-refractivity contribution >= 4 is 18.2 Å². The minimum absolute atomic E-state index is 0.0131. The van der Waals surface area contributed by atoms with Crippen molar-refractivity contribution in [2.24, 2.45) is 5.73 Å². The minimum atomic E-state index is -0.0209. The summed E-state index contributed by atoms with van der Waals surface area (Å²) in [5, 5.41) is 13.5. The molecule has 23 heavy (non-hydrogen) atoms. The summed E-state index contributed by atoms with van der Waals surface area (Å²) in [6, 6.07) is -0.0340. The average molecular weight is 331 g/mol. The van der Waals surface area contributed by atoms with Crippen LogP contribution in [0.4, 0.5) is 9.59 Å². The standard InChI is InChI=1S/C9H16N4O2.C3H9NO.CO2/c14-8-10-2-1-4-12(8)6-7-13-5-3-11-9(13)15;4-2-1-3-5;2-1-3/h1-7H2,(H,10,14)(H,11,15);5H,1-4H2;. The first kappa shape index (κ1) is 20.8. The molecule has 2 aliphatic rings. The van der Waals surface area contributed by atoms with Gasteiger partial charge < -0.3 is 31.3 Å². The number of aliphatic hydroxyl groups is 1. The fraction of sp³-hybridized carbons (Fsp3) is 0.769. The number of hydrogen-bond donors (Lipinski definition) is 4. The molecule has 2 aliphatic heterocycles. The highest BCUT2D eigenvalue weighted by molar-refractivity contribution is 5.76. The first-order valence-electron chi connectivity index (χ1n) is 7.46. The van der Waals surface area contributed by atoms with Crippen molar-refractivity contribution in [1.29, 1.82) is 0 Å². The summed E-state index contributed by atoms with van der Waals surface area (Å²) in [5.41, 5.74) is 4.98. The molecule has 10 heteroatoms. The van der Waals surface area contributed by atoms with Crippen molar-refractivity contribution in [2.45, 2.75) is 12.8 Å². The lowest BCUT2D eigenvalue weighted by molar-refractivity contribution is -0.191. The van der Waals surface area contributed by atoms with Crippen LogP contribution in [0.3, 0.4) is 0 Å². The van der Waals surface area contributed by atoms with Gasteiger partial charge in [0.05, 0.1) is 0 Å². The maximum Gasteiger partial charge on any atom is 0.373 e. The van der Waals surface area contributed by atoms with Gasteiger partial charge in [0.15, 0.2) is 0 Å². The Labute approximate surface area is 135 Å². The van der Waals surface area contributed by atoms with E-state index in [1.54, 1.807) is 9.80 Å². The van der Waals surface area contributed by atoms with Crippen molar-refractivity contribution in [1.82, 2.24) is 20.4 Å². The molecule has 2 fully saturated rings. The van der Waals surface area contributed by atoms with Crippen LogP contribution >= 0.6 is 0 Å². The van der Waals surface area contributed by atoms with E-state index in [-0.39, 0.29) is 24.8 Å². The van der Waals surface area contributed by atoms with Crippen LogP contribution in [-0.4, -0.2) is 85.5 Å². The predicted molar refractivity (Wildman–Crippen MR) is 80.3 cm³/mol. The molecule has 132 valence electrons. The van der Waals surface area contributed by atoms with Gasteiger partial charge in [0.2, 0.25) is 0 Å². The van der Waals surface area contributed by atoms with E-state index < -0.39 is 0 Å². The first-order valence-corrected chi connectivity index (χ1v) is 7.46. The third-order valence-corrected chi connectivity index (χ3v) is 3.12. The molecule has 0 spiro atoms. The van der Waals surface area contributed by atoms with Crippen molar-refractivity contribution in [3.63, 3.8) is 0 Å². The van der Waals surface area contributed by atoms with Crippen molar-refractivity contribution in [3.05, 3.63) is 0 Å². The predicted octanol–water partition coefficient (Wildman–Crippen LogP) is -1.83. The first-order chi connectivity index (χ1) is 11.1. The monoisotopic (exact) mass is 331 g/mol. The lowest BCUT2D eigenvalue weighted by Gasteiger charge is -2.28. The molecular weight excluding hydrogens is 306 g/mol. The molecule has 0 bridgehead atoms. The molecular formula is C13H25N5O5. The second kappa shape index (κ2) is 13.5. The number of amides is 4. The van der Waals surface area contributed by atoms with Gasteiger partial charge in [0, 0.05) is 45.9 Å². The van der Waals surface area contributed by atoms with E-state index >= 15 is 0 Å². The van der Waals surface area contributed by atoms with E-state index in [2.05, 4.69) is 10.6 Å². The van der Waals surface area contributed by atoms with Gasteiger partial charge in [-0.05, 0) is 19.4 Å². The third-order valence-electron chi connectivity index (χ3n) is 3.12. The molecule has 10 nitrogen and oxygen atoms in total. The number of nitrogens with one attached hydrogen (secondary N) is 2. The van der Waals surface area contributed by atoms with Gasteiger partial charge in [-0.1, -0.05) is 0 Å². The fourth-order valence-corrected chi connectivity index (χ4v) is 1.95. The van der Waals surface area contributed by atoms with Crippen LogP contribution in [0.2, 0.25) is 0 Å². The zero-order valence-corrected chi connectivity index (χ0v) is 13.1. The Bertz CT molecular complexity index is 385. The van der Waals surface area contributed by atoms with E-state index in [1.807, 2.05) is 0 Å². The number of carbonyl (C=O) groups excluding carboxylic acids is 4. The van der Waals surface area contributed by atoms with Gasteiger partial charge in [-0.15, -0.1) is 0 Å². The van der Waals surface area contributed by atoms with Crippen LogP contribution in [0.5, 0.6) is 0 Å². The summed E-state index contributed by atoms with van der Waals surface area (Å²) in [4.78, 5) is 42.3. The molecule has 0 aliphatic carbocycles. The molecule has 4 amide bonds. The lowest BCUT2D eigenvalue weighted by atomic mass is 10.3. The van der Waals surface area contributed by atoms with Gasteiger partial charge in [-0.2, -0.15) is 9.59 Å². The molecule has 0 aromatic rings. The fourth-order valence-electron chi connectivity index (χ4n) is 1.95. The Balaban J connectivity index is 0.000000511. The highest BCUT2D eigenvalue weighted by Crippen LogP contribution is 2.01. The van der Waals surface area contributed by atoms with Crippen LogP contribution in [0, 0.1) is 0 Å². The quantitative estimate of drug-likeness (QED) is 0.466. The van der Waals surface area contributed by atoms with E-state index in [4.69, 9.17) is 20.4 Å². The molecule has 0 radical (unpaired) electrons. The second-order valence-corrected chi connectivity index (χ2v) is 4.74. The van der Waals surface area contributed by atoms with Crippen molar-refractivity contribution < 1.29 is 24.3 Å². The number of urea groups is 2. The molecule has 0 unspecified atom stereocenters. The summed E-state index contributed by atoms with van der Waals surface area (Å²) < 4.78 is 0. The van der Waals surface area contributed by atoms with Crippen molar-refractivity contribution in [2.75, 3.05) is 52.4 Å². The maximum absolute atomic E-state index is 11.4. The van der Waals surface area contributed by atoms with Crippen LogP contribution in [-0.2, 0) is 9.59 Å². The maximum atomic E-state index is 11.4. The molecule has 0 atom stereocenters. The Kier molecular flexibility index (Phi) is 12.2. The summed E-state index contributed by atoms with van der Waals surface area (Å²) in [6.07, 6.45) is 1.96. The zero-order valence-electron chi connectivity index (χ0n) is 13.1. The van der Waals surface area contributed by atoms with Gasteiger partial charge in [0.1, 0.15) is 0 Å². The molecule has 2 saturated heterocycles. The Morgan fingerprint density at radius 3 is 1.96 bits per heavy atom. The largest absolute Gasteiger partial charge is 0.396 e. The highest BCUT2D eigenvalue weighted by atomic mass is 16.3. The minimum Gasteiger partial charge on any atom is -0.396 e. The molecule has 0 aromatic carbocycles. The van der Waals surface area contributed by atoms with Crippen LogP contribution in [0.25, 0.3) is 0 Å². The number of rotatable bonds is 5. The van der Waals surface area contributed by atoms with E-state index in [0.29, 0.717) is 26.2 Å². The third kappa shape index (κ3) is 9.46. The normalized spacial score (nSPS) is 16.3. The molecule has 2 rings (SSSR count). The summed E-state index contributed by atoms with van der Waals surface area (Å²) in [5.74, 6) is 0. The molecule has 0 saturated carbocycles. The smallest absolute Gasteiger partial charge is 0.373 e. The van der Waals surface area contributed by atoms with Crippen LogP contribution < -0.4 is 16.4 Å². The topological polar surface area (TPSA) is 145 Å². The SMILES string of the molecule is NCCCO.O=C1NCCCN1CCN1CCNC1=O.O=C=O. The van der Waals surface area contributed by atoms with Gasteiger partial charge >= 0.3 is 18.2 Å². The molecule has 0 aromatic heterocycles. The van der Waals surface area contributed by atoms with Crippen LogP contribution in [0.1, 0.15) is 12.8 Å². The van der Waals surface area contributed by atoms with Gasteiger partial charge in [-0.3, -0.25) is 0 Å². The molecule has 5 N–H and O–H groups in total. The van der Waals surface area contributed by atoms with E-state index in [9.17, 15) is 9.59 Å². The average Bonchev–Trinajstić information content (AvgIpc) is 2.94. The Morgan fingerprint density at radius 1 is 1.04 bits per heavy atom. The van der Waals surface area contributed by atoms with E-state index in [0.717, 1.165) is 32.5 Å². The number of carbonyl (C=O) groups is 2. The number of nitrogens with zero attached hydrogens (tertiary/aromatic N) is 2. The number of nitrogens with two attached hydrogens (primary N) is 1. The Hall–Kier alpha value is -2.16. The van der Waals surface area contributed by atoms with E-state index in [1.165, 1.54) is 0 Å².